The molecule has 0 saturated heterocycles. The first-order valence-electron chi connectivity index (χ1n) is 5.80. The Labute approximate surface area is 131 Å². The van der Waals surface area contributed by atoms with Gasteiger partial charge < -0.3 is 39.1 Å². The minimum absolute atomic E-state index is 0.175. The third kappa shape index (κ3) is 5.03. The molecule has 0 bridgehead atoms. The van der Waals surface area contributed by atoms with Crippen LogP contribution in [0.4, 0.5) is 0 Å². The molecule has 0 amide bonds. The Balaban J connectivity index is 6.76. The van der Waals surface area contributed by atoms with E-state index < -0.39 is 47.5 Å². The van der Waals surface area contributed by atoms with Gasteiger partial charge in [0.1, 0.15) is 0 Å². The van der Waals surface area contributed by atoms with Crippen molar-refractivity contribution in [3.05, 3.63) is 0 Å². The molecule has 0 aliphatic heterocycles. The van der Waals surface area contributed by atoms with Crippen molar-refractivity contribution in [2.75, 3.05) is 6.54 Å². The topological polar surface area (TPSA) is 233 Å². The molecule has 0 unspecified atom stereocenters. The number of rotatable bonds is 8. The highest BCUT2D eigenvalue weighted by molar-refractivity contribution is 7.73. The first kappa shape index (κ1) is 23.6. The molecule has 23 heavy (non-hydrogen) atoms. The van der Waals surface area contributed by atoms with Crippen LogP contribution in [0.5, 0.6) is 0 Å². The zero-order valence-corrected chi connectivity index (χ0v) is 15.5. The molecule has 0 fully saturated rings. The summed E-state index contributed by atoms with van der Waals surface area (Å²) >= 11 is 0. The molecule has 0 aromatic heterocycles. The standard InChI is InChI=1S/C6H19NO12P4/c1-3-4-7(5(20(8,9)10)21(11,12)13)6(2,22(14,15)16)23(17,18)19/h5H,3-4H2,1-2H3,(H2,8,9,10)(H2,11,12,13)(H2,14,15,16)(H2,17,18,19). The lowest BCUT2D eigenvalue weighted by atomic mass is 10.4. The number of hydrogen-bond donors (Lipinski definition) is 8. The molecule has 0 rings (SSSR count). The zero-order chi connectivity index (χ0) is 19.1. The summed E-state index contributed by atoms with van der Waals surface area (Å²) in [4.78, 5) is 73.8. The first-order valence-corrected chi connectivity index (χ1v) is 12.4. The minimum atomic E-state index is -5.81. The van der Waals surface area contributed by atoms with Crippen LogP contribution in [0.15, 0.2) is 0 Å². The molecule has 0 aromatic carbocycles. The Hall–Kier alpha value is 0.560. The van der Waals surface area contributed by atoms with E-state index in [4.69, 9.17) is 0 Å². The third-order valence-electron chi connectivity index (χ3n) is 2.99. The van der Waals surface area contributed by atoms with Gasteiger partial charge in [-0.15, -0.1) is 0 Å². The van der Waals surface area contributed by atoms with Crippen LogP contribution in [0.1, 0.15) is 20.3 Å². The van der Waals surface area contributed by atoms with Gasteiger partial charge in [-0.3, -0.25) is 23.2 Å². The summed E-state index contributed by atoms with van der Waals surface area (Å²) in [6.07, 6.45) is -0.175. The second-order valence-corrected chi connectivity index (χ2v) is 12.8. The largest absolute Gasteiger partial charge is 0.357 e. The molecule has 0 saturated carbocycles. The maximum absolute atomic E-state index is 11.6. The summed E-state index contributed by atoms with van der Waals surface area (Å²) in [6, 6.07) is 0. The van der Waals surface area contributed by atoms with Crippen LogP contribution in [-0.4, -0.2) is 61.1 Å². The molecule has 0 aromatic rings. The summed E-state index contributed by atoms with van der Waals surface area (Å²) in [6.45, 7) is 0.791. The SMILES string of the molecule is CCCN(C(P(=O)(O)O)P(=O)(O)O)C(C)(P(=O)(O)O)P(=O)(O)O. The Morgan fingerprint density at radius 2 is 1.13 bits per heavy atom. The molecule has 0 heterocycles. The summed E-state index contributed by atoms with van der Waals surface area (Å²) in [5.41, 5.74) is -3.12. The van der Waals surface area contributed by atoms with Crippen molar-refractivity contribution in [3.63, 3.8) is 0 Å². The van der Waals surface area contributed by atoms with Gasteiger partial charge in [0, 0.05) is 6.54 Å². The van der Waals surface area contributed by atoms with Crippen molar-refractivity contribution in [3.8, 4) is 0 Å². The lowest BCUT2D eigenvalue weighted by molar-refractivity contribution is 0.152. The van der Waals surface area contributed by atoms with Crippen LogP contribution in [0.2, 0.25) is 0 Å². The summed E-state index contributed by atoms with van der Waals surface area (Å²) in [5, 5.41) is -3.54. The first-order chi connectivity index (χ1) is 9.81. The smallest absolute Gasteiger partial charge is 0.323 e. The molecule has 140 valence electrons. The highest BCUT2D eigenvalue weighted by Crippen LogP contribution is 2.74. The van der Waals surface area contributed by atoms with E-state index in [0.717, 1.165) is 0 Å². The van der Waals surface area contributed by atoms with Crippen LogP contribution < -0.4 is 0 Å². The van der Waals surface area contributed by atoms with Gasteiger partial charge in [-0.1, -0.05) is 6.92 Å². The van der Waals surface area contributed by atoms with Crippen molar-refractivity contribution >= 4 is 30.4 Å². The molecular formula is C6H19NO12P4. The second kappa shape index (κ2) is 7.05. The molecule has 0 aliphatic rings. The van der Waals surface area contributed by atoms with Crippen molar-refractivity contribution in [1.29, 1.82) is 0 Å². The third-order valence-corrected chi connectivity index (χ3v) is 10.8. The Bertz CT molecular complexity index is 565. The molecular weight excluding hydrogens is 402 g/mol. The Kier molecular flexibility index (Phi) is 7.22. The summed E-state index contributed by atoms with van der Waals surface area (Å²) in [5.74, 6) is 0. The van der Waals surface area contributed by atoms with Crippen LogP contribution >= 0.6 is 30.4 Å². The van der Waals surface area contributed by atoms with E-state index in [1.54, 1.807) is 0 Å². The fourth-order valence-corrected chi connectivity index (χ4v) is 7.66. The quantitative estimate of drug-likeness (QED) is 0.228. The van der Waals surface area contributed by atoms with Crippen molar-refractivity contribution in [2.45, 2.75) is 30.8 Å². The van der Waals surface area contributed by atoms with E-state index in [-0.39, 0.29) is 11.3 Å². The van der Waals surface area contributed by atoms with Crippen LogP contribution in [0.3, 0.4) is 0 Å². The molecule has 17 heteroatoms. The zero-order valence-electron chi connectivity index (χ0n) is 11.9. The molecule has 0 atom stereocenters. The Morgan fingerprint density at radius 1 is 0.826 bits per heavy atom. The van der Waals surface area contributed by atoms with Gasteiger partial charge in [-0.25, -0.2) is 0 Å². The maximum Gasteiger partial charge on any atom is 0.357 e. The van der Waals surface area contributed by atoms with Gasteiger partial charge >= 0.3 is 30.4 Å². The van der Waals surface area contributed by atoms with Crippen LogP contribution in [-0.2, 0) is 18.3 Å². The van der Waals surface area contributed by atoms with Gasteiger partial charge in [-0.05, 0) is 13.3 Å². The van der Waals surface area contributed by atoms with E-state index in [0.29, 0.717) is 6.92 Å². The normalized spacial score (nSPS) is 15.5. The molecule has 0 aliphatic carbocycles. The van der Waals surface area contributed by atoms with Crippen molar-refractivity contribution < 1.29 is 57.4 Å². The van der Waals surface area contributed by atoms with E-state index in [2.05, 4.69) is 0 Å². The van der Waals surface area contributed by atoms with E-state index in [9.17, 15) is 57.4 Å². The average molecular weight is 421 g/mol. The lowest BCUT2D eigenvalue weighted by Gasteiger charge is -2.44. The number of hydrogen-bond acceptors (Lipinski definition) is 5. The van der Waals surface area contributed by atoms with Gasteiger partial charge in [0.25, 0.3) is 0 Å². The highest BCUT2D eigenvalue weighted by Gasteiger charge is 2.66. The van der Waals surface area contributed by atoms with Gasteiger partial charge in [0.15, 0.2) is 0 Å². The maximum atomic E-state index is 11.6. The van der Waals surface area contributed by atoms with Gasteiger partial charge in [0.05, 0.1) is 0 Å². The van der Waals surface area contributed by atoms with Gasteiger partial charge in [-0.2, -0.15) is 0 Å². The minimum Gasteiger partial charge on any atom is -0.323 e. The molecule has 0 spiro atoms. The van der Waals surface area contributed by atoms with Crippen LogP contribution in [0, 0.1) is 0 Å². The number of nitrogens with zero attached hydrogens (tertiary/aromatic N) is 1. The fourth-order valence-electron chi connectivity index (χ4n) is 1.85. The second-order valence-electron chi connectivity index (χ2n) is 4.78. The van der Waals surface area contributed by atoms with E-state index in [1.165, 1.54) is 6.92 Å². The van der Waals surface area contributed by atoms with Crippen molar-refractivity contribution in [1.82, 2.24) is 4.90 Å². The Morgan fingerprint density at radius 3 is 1.30 bits per heavy atom. The molecule has 13 nitrogen and oxygen atoms in total. The monoisotopic (exact) mass is 421 g/mol. The molecule has 0 radical (unpaired) electrons. The summed E-state index contributed by atoms with van der Waals surface area (Å²) in [7, 11) is -23.1. The molecule has 8 N–H and O–H groups in total. The highest BCUT2D eigenvalue weighted by atomic mass is 31.2. The van der Waals surface area contributed by atoms with E-state index >= 15 is 0 Å². The lowest BCUT2D eigenvalue weighted by Crippen LogP contribution is -2.51. The van der Waals surface area contributed by atoms with Crippen LogP contribution in [0.25, 0.3) is 0 Å². The fraction of sp³-hybridized carbons (Fsp3) is 1.00. The predicted octanol–water partition coefficient (Wildman–Crippen LogP) is -0.634. The predicted molar refractivity (Wildman–Crippen MR) is 77.4 cm³/mol. The van der Waals surface area contributed by atoms with Crippen molar-refractivity contribution in [2.24, 2.45) is 0 Å². The van der Waals surface area contributed by atoms with Gasteiger partial charge in [0.2, 0.25) is 10.5 Å². The average Bonchev–Trinajstić information content (AvgIpc) is 2.20. The van der Waals surface area contributed by atoms with E-state index in [1.807, 2.05) is 0 Å². The summed E-state index contributed by atoms with van der Waals surface area (Å²) < 4.78 is 46.2.